The van der Waals surface area contributed by atoms with E-state index in [1.165, 1.54) is 6.07 Å². The number of carbonyl (C=O) groups is 1. The molecule has 0 N–H and O–H groups in total. The number of nitrogens with zero attached hydrogens (tertiary/aromatic N) is 5. The van der Waals surface area contributed by atoms with Crippen molar-refractivity contribution in [2.75, 3.05) is 24.5 Å². The number of benzene rings is 1. The Balaban J connectivity index is 1.49. The van der Waals surface area contributed by atoms with Crippen LogP contribution in [0.2, 0.25) is 5.02 Å². The van der Waals surface area contributed by atoms with Gasteiger partial charge in [-0.05, 0) is 66.3 Å². The maximum absolute atomic E-state index is 14.4. The van der Waals surface area contributed by atoms with Gasteiger partial charge in [0.1, 0.15) is 16.1 Å². The Kier molecular flexibility index (Phi) is 5.65. The molecule has 0 radical (unpaired) electrons. The largest absolute Gasteiger partial charge is 0.365 e. The van der Waals surface area contributed by atoms with Gasteiger partial charge in [0.25, 0.3) is 0 Å². The Morgan fingerprint density at radius 2 is 2.17 bits per heavy atom. The number of piperazine rings is 1. The van der Waals surface area contributed by atoms with Crippen LogP contribution in [-0.4, -0.2) is 51.2 Å². The topological polar surface area (TPSA) is 54.3 Å². The molecule has 0 saturated carbocycles. The minimum atomic E-state index is -0.337. The second-order valence-corrected chi connectivity index (χ2v) is 8.69. The molecule has 1 amide bonds. The van der Waals surface area contributed by atoms with Crippen molar-refractivity contribution in [1.82, 2.24) is 19.7 Å². The highest BCUT2D eigenvalue weighted by Gasteiger charge is 2.29. The quantitative estimate of drug-likeness (QED) is 0.485. The summed E-state index contributed by atoms with van der Waals surface area (Å²) >= 11 is 8.17. The first kappa shape index (κ1) is 20.3. The number of aryl methyl sites for hydroxylation is 1. The number of fused-ring (bicyclic) bond motifs is 1. The maximum Gasteiger partial charge on any atom is 0.244 e. The number of hydrogen-bond acceptors (Lipinski definition) is 4. The fourth-order valence-electron chi connectivity index (χ4n) is 3.73. The number of carbonyl (C=O) groups excluding carboxylic acids is 1. The predicted octanol–water partition coefficient (Wildman–Crippen LogP) is 3.87. The molecule has 3 heterocycles. The minimum absolute atomic E-state index is 0.0173. The number of amides is 1. The molecule has 2 aromatic heterocycles. The number of anilines is 1. The van der Waals surface area contributed by atoms with Crippen LogP contribution in [0.25, 0.3) is 11.0 Å². The summed E-state index contributed by atoms with van der Waals surface area (Å²) in [6.07, 6.45) is 1.70. The van der Waals surface area contributed by atoms with Crippen LogP contribution >= 0.6 is 34.2 Å². The van der Waals surface area contributed by atoms with Gasteiger partial charge in [-0.25, -0.2) is 14.1 Å². The van der Waals surface area contributed by atoms with E-state index < -0.39 is 0 Å². The minimum Gasteiger partial charge on any atom is -0.365 e. The van der Waals surface area contributed by atoms with Crippen molar-refractivity contribution >= 4 is 56.8 Å². The average Bonchev–Trinajstić information content (AvgIpc) is 3.00. The molecule has 0 bridgehead atoms. The second-order valence-electron chi connectivity index (χ2n) is 7.26. The zero-order chi connectivity index (χ0) is 20.7. The van der Waals surface area contributed by atoms with E-state index in [1.54, 1.807) is 16.9 Å². The van der Waals surface area contributed by atoms with Crippen molar-refractivity contribution in [3.05, 3.63) is 50.6 Å². The lowest BCUT2D eigenvalue weighted by molar-refractivity contribution is -0.134. The molecule has 0 spiro atoms. The molecule has 0 unspecified atom stereocenters. The van der Waals surface area contributed by atoms with Crippen LogP contribution in [0.4, 0.5) is 10.1 Å². The fraction of sp³-hybridized carbons (Fsp3) is 0.350. The standard InChI is InChI=1S/C20H20ClFIN5O/c1-12-8-17(16(22)9-15(12)21)26-6-7-27(13(2)10-26)18(29)11-28-20-14(19(23)25-28)4-3-5-24-20/h3-5,8-9,13H,6-7,10-11H2,1-2H3/t13-/m0/s1. The number of rotatable bonds is 3. The third-order valence-electron chi connectivity index (χ3n) is 5.26. The molecule has 9 heteroatoms. The van der Waals surface area contributed by atoms with Gasteiger partial charge < -0.3 is 9.80 Å². The van der Waals surface area contributed by atoms with E-state index in [2.05, 4.69) is 32.7 Å². The van der Waals surface area contributed by atoms with E-state index in [4.69, 9.17) is 11.6 Å². The third kappa shape index (κ3) is 3.92. The summed E-state index contributed by atoms with van der Waals surface area (Å²) < 4.78 is 16.9. The highest BCUT2D eigenvalue weighted by atomic mass is 127. The Morgan fingerprint density at radius 3 is 2.93 bits per heavy atom. The van der Waals surface area contributed by atoms with Crippen LogP contribution in [0.15, 0.2) is 30.5 Å². The molecule has 1 aliphatic heterocycles. The smallest absolute Gasteiger partial charge is 0.244 e. The Bertz CT molecular complexity index is 1090. The zero-order valence-corrected chi connectivity index (χ0v) is 19.0. The first-order chi connectivity index (χ1) is 13.8. The molecular weight excluding hydrogens is 508 g/mol. The first-order valence-corrected chi connectivity index (χ1v) is 10.8. The molecule has 29 heavy (non-hydrogen) atoms. The predicted molar refractivity (Wildman–Crippen MR) is 120 cm³/mol. The molecular formula is C20H20ClFIN5O. The lowest BCUT2D eigenvalue weighted by atomic mass is 10.1. The van der Waals surface area contributed by atoms with Crippen LogP contribution < -0.4 is 4.90 Å². The van der Waals surface area contributed by atoms with E-state index in [0.29, 0.717) is 36.0 Å². The molecule has 1 aliphatic rings. The molecule has 1 fully saturated rings. The van der Waals surface area contributed by atoms with Gasteiger partial charge in [-0.1, -0.05) is 11.6 Å². The lowest BCUT2D eigenvalue weighted by Crippen LogP contribution is -2.55. The van der Waals surface area contributed by atoms with E-state index in [9.17, 15) is 9.18 Å². The summed E-state index contributed by atoms with van der Waals surface area (Å²) in [7, 11) is 0. The van der Waals surface area contributed by atoms with E-state index >= 15 is 0 Å². The monoisotopic (exact) mass is 527 g/mol. The molecule has 1 aromatic carbocycles. The van der Waals surface area contributed by atoms with Crippen molar-refractivity contribution in [2.24, 2.45) is 0 Å². The SMILES string of the molecule is Cc1cc(N2CCN(C(=O)Cn3nc(I)c4cccnc43)[C@@H](C)C2)c(F)cc1Cl. The van der Waals surface area contributed by atoms with Crippen LogP contribution in [0, 0.1) is 16.4 Å². The van der Waals surface area contributed by atoms with Gasteiger partial charge in [-0.2, -0.15) is 5.10 Å². The summed E-state index contributed by atoms with van der Waals surface area (Å²) in [4.78, 5) is 21.1. The summed E-state index contributed by atoms with van der Waals surface area (Å²) in [6, 6.07) is 6.87. The number of pyridine rings is 1. The van der Waals surface area contributed by atoms with Crippen molar-refractivity contribution in [3.8, 4) is 0 Å². The number of hydrogen-bond donors (Lipinski definition) is 0. The molecule has 3 aromatic rings. The van der Waals surface area contributed by atoms with Gasteiger partial charge in [0.05, 0.1) is 11.1 Å². The van der Waals surface area contributed by atoms with Gasteiger partial charge in [0.15, 0.2) is 5.65 Å². The van der Waals surface area contributed by atoms with Crippen molar-refractivity contribution < 1.29 is 9.18 Å². The summed E-state index contributed by atoms with van der Waals surface area (Å²) in [5, 5.41) is 5.82. The van der Waals surface area contributed by atoms with E-state index in [1.807, 2.05) is 35.8 Å². The normalized spacial score (nSPS) is 17.2. The maximum atomic E-state index is 14.4. The van der Waals surface area contributed by atoms with Gasteiger partial charge in [0.2, 0.25) is 5.91 Å². The highest BCUT2D eigenvalue weighted by Crippen LogP contribution is 2.28. The average molecular weight is 528 g/mol. The van der Waals surface area contributed by atoms with Gasteiger partial charge in [-0.3, -0.25) is 4.79 Å². The molecule has 152 valence electrons. The zero-order valence-electron chi connectivity index (χ0n) is 16.1. The first-order valence-electron chi connectivity index (χ1n) is 9.32. The fourth-order valence-corrected chi connectivity index (χ4v) is 4.56. The van der Waals surface area contributed by atoms with Gasteiger partial charge in [0, 0.05) is 36.9 Å². The van der Waals surface area contributed by atoms with Crippen LogP contribution in [0.5, 0.6) is 0 Å². The number of halogens is 3. The Hall–Kier alpha value is -1.94. The van der Waals surface area contributed by atoms with Gasteiger partial charge >= 0.3 is 0 Å². The number of aromatic nitrogens is 3. The lowest BCUT2D eigenvalue weighted by Gasteiger charge is -2.41. The Labute approximate surface area is 186 Å². The second kappa shape index (κ2) is 8.06. The summed E-state index contributed by atoms with van der Waals surface area (Å²) in [5.74, 6) is -0.354. The van der Waals surface area contributed by atoms with Crippen molar-refractivity contribution in [3.63, 3.8) is 0 Å². The van der Waals surface area contributed by atoms with Crippen molar-refractivity contribution in [1.29, 1.82) is 0 Å². The molecule has 1 atom stereocenters. The highest BCUT2D eigenvalue weighted by molar-refractivity contribution is 14.1. The molecule has 1 saturated heterocycles. The van der Waals surface area contributed by atoms with Gasteiger partial charge in [-0.15, -0.1) is 0 Å². The molecule has 4 rings (SSSR count). The van der Waals surface area contributed by atoms with E-state index in [0.717, 1.165) is 14.7 Å². The molecule has 0 aliphatic carbocycles. The van der Waals surface area contributed by atoms with Crippen LogP contribution in [0.1, 0.15) is 12.5 Å². The third-order valence-corrected chi connectivity index (χ3v) is 6.47. The van der Waals surface area contributed by atoms with Crippen LogP contribution in [-0.2, 0) is 11.3 Å². The van der Waals surface area contributed by atoms with E-state index in [-0.39, 0.29) is 24.3 Å². The van der Waals surface area contributed by atoms with Crippen LogP contribution in [0.3, 0.4) is 0 Å². The Morgan fingerprint density at radius 1 is 1.38 bits per heavy atom. The summed E-state index contributed by atoms with van der Waals surface area (Å²) in [5.41, 5.74) is 2.07. The van der Waals surface area contributed by atoms with Crippen molar-refractivity contribution in [2.45, 2.75) is 26.4 Å². The summed E-state index contributed by atoms with van der Waals surface area (Å²) in [6.45, 7) is 5.61. The molecule has 6 nitrogen and oxygen atoms in total.